The van der Waals surface area contributed by atoms with Gasteiger partial charge in [0.15, 0.2) is 18.1 Å². The summed E-state index contributed by atoms with van der Waals surface area (Å²) in [5.41, 5.74) is 0. The van der Waals surface area contributed by atoms with Crippen molar-refractivity contribution in [1.29, 1.82) is 0 Å². The smallest absolute Gasteiger partial charge is 0.309 e. The standard InChI is InChI=1S/C21H28N2O7S/c24-20(22-16-3-1-2-4-16)14-30-21(25)15-7-9-23(10-8-15)31(26,27)17-5-6-18-19(13-17)29-12-11-28-18/h5-6,13,15-16H,1-4,7-12,14H2,(H,22,24). The van der Waals surface area contributed by atoms with Crippen LogP contribution in [0.2, 0.25) is 0 Å². The molecule has 1 N–H and O–H groups in total. The molecule has 2 heterocycles. The first-order chi connectivity index (χ1) is 14.9. The van der Waals surface area contributed by atoms with Crippen molar-refractivity contribution in [3.05, 3.63) is 18.2 Å². The van der Waals surface area contributed by atoms with Gasteiger partial charge in [-0.05, 0) is 37.8 Å². The second-order valence-corrected chi connectivity index (χ2v) is 10.1. The number of carbonyl (C=O) groups is 2. The molecule has 1 saturated heterocycles. The van der Waals surface area contributed by atoms with Gasteiger partial charge in [-0.2, -0.15) is 4.31 Å². The van der Waals surface area contributed by atoms with E-state index in [9.17, 15) is 18.0 Å². The van der Waals surface area contributed by atoms with Gasteiger partial charge in [-0.1, -0.05) is 12.8 Å². The lowest BCUT2D eigenvalue weighted by Gasteiger charge is -2.30. The van der Waals surface area contributed by atoms with Gasteiger partial charge in [0.05, 0.1) is 10.8 Å². The summed E-state index contributed by atoms with van der Waals surface area (Å²) in [4.78, 5) is 24.4. The second kappa shape index (κ2) is 9.44. The first-order valence-corrected chi connectivity index (χ1v) is 12.2. The van der Waals surface area contributed by atoms with E-state index in [-0.39, 0.29) is 36.5 Å². The van der Waals surface area contributed by atoms with Crippen LogP contribution in [0.5, 0.6) is 11.5 Å². The highest BCUT2D eigenvalue weighted by atomic mass is 32.2. The molecule has 0 unspecified atom stereocenters. The van der Waals surface area contributed by atoms with Crippen molar-refractivity contribution in [1.82, 2.24) is 9.62 Å². The van der Waals surface area contributed by atoms with Gasteiger partial charge in [-0.25, -0.2) is 8.42 Å². The van der Waals surface area contributed by atoms with Gasteiger partial charge in [0.2, 0.25) is 10.0 Å². The van der Waals surface area contributed by atoms with E-state index in [4.69, 9.17) is 14.2 Å². The number of hydrogen-bond acceptors (Lipinski definition) is 7. The molecule has 1 amide bonds. The van der Waals surface area contributed by atoms with Crippen LogP contribution in [-0.2, 0) is 24.3 Å². The van der Waals surface area contributed by atoms with Crippen molar-refractivity contribution in [2.75, 3.05) is 32.9 Å². The van der Waals surface area contributed by atoms with E-state index < -0.39 is 21.9 Å². The topological polar surface area (TPSA) is 111 Å². The van der Waals surface area contributed by atoms with Gasteiger partial charge in [0, 0.05) is 25.2 Å². The summed E-state index contributed by atoms with van der Waals surface area (Å²) < 4.78 is 43.4. The molecular formula is C21H28N2O7S. The SMILES string of the molecule is O=C(COC(=O)C1CCN(S(=O)(=O)c2ccc3c(c2)OCCO3)CC1)NC1CCCC1. The Morgan fingerprint density at radius 1 is 1.03 bits per heavy atom. The molecule has 9 nitrogen and oxygen atoms in total. The van der Waals surface area contributed by atoms with Crippen molar-refractivity contribution in [3.8, 4) is 11.5 Å². The zero-order chi connectivity index (χ0) is 21.8. The number of rotatable bonds is 6. The van der Waals surface area contributed by atoms with Crippen LogP contribution >= 0.6 is 0 Å². The van der Waals surface area contributed by atoms with Crippen LogP contribution in [-0.4, -0.2) is 63.6 Å². The van der Waals surface area contributed by atoms with Gasteiger partial charge < -0.3 is 19.5 Å². The summed E-state index contributed by atoms with van der Waals surface area (Å²) in [5.74, 6) is -0.187. The molecule has 0 aromatic heterocycles. The van der Waals surface area contributed by atoms with E-state index in [1.54, 1.807) is 6.07 Å². The number of fused-ring (bicyclic) bond motifs is 1. The molecule has 0 spiro atoms. The summed E-state index contributed by atoms with van der Waals surface area (Å²) in [5, 5.41) is 2.88. The summed E-state index contributed by atoms with van der Waals surface area (Å²) in [7, 11) is -3.70. The van der Waals surface area contributed by atoms with Crippen molar-refractivity contribution >= 4 is 21.9 Å². The van der Waals surface area contributed by atoms with Crippen LogP contribution in [0.4, 0.5) is 0 Å². The Labute approximate surface area is 182 Å². The monoisotopic (exact) mass is 452 g/mol. The lowest BCUT2D eigenvalue weighted by atomic mass is 9.98. The number of amides is 1. The summed E-state index contributed by atoms with van der Waals surface area (Å²) >= 11 is 0. The predicted molar refractivity (Wildman–Crippen MR) is 110 cm³/mol. The minimum atomic E-state index is -3.70. The predicted octanol–water partition coefficient (Wildman–Crippen LogP) is 1.46. The third-order valence-electron chi connectivity index (χ3n) is 6.00. The van der Waals surface area contributed by atoms with Gasteiger partial charge in [-0.15, -0.1) is 0 Å². The molecule has 1 saturated carbocycles. The number of benzene rings is 1. The molecule has 0 bridgehead atoms. The minimum Gasteiger partial charge on any atom is -0.486 e. The van der Waals surface area contributed by atoms with Crippen molar-refractivity contribution < 1.29 is 32.2 Å². The molecule has 1 aromatic rings. The van der Waals surface area contributed by atoms with Crippen LogP contribution in [0.3, 0.4) is 0 Å². The van der Waals surface area contributed by atoms with E-state index >= 15 is 0 Å². The first-order valence-electron chi connectivity index (χ1n) is 10.8. The Hall–Kier alpha value is -2.33. The van der Waals surface area contributed by atoms with Crippen LogP contribution in [0.25, 0.3) is 0 Å². The number of nitrogens with one attached hydrogen (secondary N) is 1. The lowest BCUT2D eigenvalue weighted by Crippen LogP contribution is -2.41. The van der Waals surface area contributed by atoms with Gasteiger partial charge >= 0.3 is 5.97 Å². The summed E-state index contributed by atoms with van der Waals surface area (Å²) in [6.07, 6.45) is 4.86. The van der Waals surface area contributed by atoms with E-state index in [1.165, 1.54) is 16.4 Å². The average molecular weight is 453 g/mol. The molecule has 31 heavy (non-hydrogen) atoms. The largest absolute Gasteiger partial charge is 0.486 e. The summed E-state index contributed by atoms with van der Waals surface area (Å²) in [6.45, 7) is 0.953. The first kappa shape index (κ1) is 21.9. The zero-order valence-corrected chi connectivity index (χ0v) is 18.2. The fourth-order valence-corrected chi connectivity index (χ4v) is 5.74. The van der Waals surface area contributed by atoms with Gasteiger partial charge in [0.1, 0.15) is 13.2 Å². The maximum Gasteiger partial charge on any atom is 0.309 e. The highest BCUT2D eigenvalue weighted by Gasteiger charge is 2.33. The van der Waals surface area contributed by atoms with Crippen LogP contribution in [0.1, 0.15) is 38.5 Å². The number of carbonyl (C=O) groups excluding carboxylic acids is 2. The molecular weight excluding hydrogens is 424 g/mol. The Kier molecular flexibility index (Phi) is 6.66. The third kappa shape index (κ3) is 5.12. The van der Waals surface area contributed by atoms with Crippen LogP contribution < -0.4 is 14.8 Å². The molecule has 1 aromatic carbocycles. The minimum absolute atomic E-state index is 0.140. The van der Waals surface area contributed by atoms with E-state index in [0.717, 1.165) is 25.7 Å². The molecule has 2 aliphatic heterocycles. The molecule has 10 heteroatoms. The number of esters is 1. The zero-order valence-electron chi connectivity index (χ0n) is 17.4. The number of piperidine rings is 1. The molecule has 3 aliphatic rings. The Morgan fingerprint density at radius 2 is 1.71 bits per heavy atom. The number of ether oxygens (including phenoxy) is 3. The van der Waals surface area contributed by atoms with Crippen LogP contribution in [0.15, 0.2) is 23.1 Å². The normalized spacial score (nSPS) is 20.4. The molecule has 0 radical (unpaired) electrons. The Bertz CT molecular complexity index is 920. The fraction of sp³-hybridized carbons (Fsp3) is 0.619. The number of hydrogen-bond donors (Lipinski definition) is 1. The van der Waals surface area contributed by atoms with Crippen molar-refractivity contribution in [3.63, 3.8) is 0 Å². The highest BCUT2D eigenvalue weighted by Crippen LogP contribution is 2.34. The molecule has 1 aliphatic carbocycles. The lowest BCUT2D eigenvalue weighted by molar-refractivity contribution is -0.153. The summed E-state index contributed by atoms with van der Waals surface area (Å²) in [6, 6.07) is 4.77. The maximum atomic E-state index is 13.0. The number of sulfonamides is 1. The Morgan fingerprint density at radius 3 is 2.42 bits per heavy atom. The Balaban J connectivity index is 1.27. The fourth-order valence-electron chi connectivity index (χ4n) is 4.26. The quantitative estimate of drug-likeness (QED) is 0.651. The number of nitrogens with zero attached hydrogens (tertiary/aromatic N) is 1. The third-order valence-corrected chi connectivity index (χ3v) is 7.90. The van der Waals surface area contributed by atoms with Crippen LogP contribution in [0, 0.1) is 5.92 Å². The molecule has 0 atom stereocenters. The average Bonchev–Trinajstić information content (AvgIpc) is 3.30. The molecule has 4 rings (SSSR count). The van der Waals surface area contributed by atoms with Gasteiger partial charge in [-0.3, -0.25) is 9.59 Å². The van der Waals surface area contributed by atoms with E-state index in [1.807, 2.05) is 0 Å². The van der Waals surface area contributed by atoms with Crippen molar-refractivity contribution in [2.45, 2.75) is 49.5 Å². The van der Waals surface area contributed by atoms with Gasteiger partial charge in [0.25, 0.3) is 5.91 Å². The molecule has 2 fully saturated rings. The van der Waals surface area contributed by atoms with Crippen molar-refractivity contribution in [2.24, 2.45) is 5.92 Å². The van der Waals surface area contributed by atoms with E-state index in [2.05, 4.69) is 5.32 Å². The highest BCUT2D eigenvalue weighted by molar-refractivity contribution is 7.89. The maximum absolute atomic E-state index is 13.0. The molecule has 170 valence electrons. The second-order valence-electron chi connectivity index (χ2n) is 8.14. The van der Waals surface area contributed by atoms with E-state index in [0.29, 0.717) is 37.6 Å².